The van der Waals surface area contributed by atoms with Crippen molar-refractivity contribution in [2.75, 3.05) is 20.2 Å². The molecule has 3 atom stereocenters. The van der Waals surface area contributed by atoms with E-state index in [1.54, 1.807) is 0 Å². The molecule has 2 rings (SSSR count). The van der Waals surface area contributed by atoms with Crippen LogP contribution >= 0.6 is 0 Å². The van der Waals surface area contributed by atoms with Gasteiger partial charge in [-0.05, 0) is 19.9 Å². The number of aliphatic hydroxyl groups is 3. The summed E-state index contributed by atoms with van der Waals surface area (Å²) >= 11 is 0. The van der Waals surface area contributed by atoms with Gasteiger partial charge in [-0.25, -0.2) is 0 Å². The highest BCUT2D eigenvalue weighted by molar-refractivity contribution is 5.13. The Balaban J connectivity index is 2.18. The van der Waals surface area contributed by atoms with Crippen LogP contribution < -0.4 is 0 Å². The first-order valence-corrected chi connectivity index (χ1v) is 4.80. The molecule has 0 amide bonds. The minimum absolute atomic E-state index is 0.0204. The van der Waals surface area contributed by atoms with Gasteiger partial charge in [-0.15, -0.1) is 0 Å². The van der Waals surface area contributed by atoms with Crippen molar-refractivity contribution in [3.05, 3.63) is 0 Å². The maximum atomic E-state index is 9.69. The predicted octanol–water partition coefficient (Wildman–Crippen LogP) is -1.21. The summed E-state index contributed by atoms with van der Waals surface area (Å²) in [5.41, 5.74) is -0.0204. The fraction of sp³-hybridized carbons (Fsp3) is 1.00. The zero-order chi connectivity index (χ0) is 9.64. The zero-order valence-electron chi connectivity index (χ0n) is 7.85. The maximum Gasteiger partial charge on any atom is 0.0930 e. The molecule has 13 heavy (non-hydrogen) atoms. The molecular formula is C9H17NO3. The molecule has 76 valence electrons. The molecule has 1 saturated heterocycles. The Morgan fingerprint density at radius 3 is 2.46 bits per heavy atom. The van der Waals surface area contributed by atoms with Crippen LogP contribution in [0.15, 0.2) is 0 Å². The molecule has 3 N–H and O–H groups in total. The van der Waals surface area contributed by atoms with E-state index in [0.717, 1.165) is 12.8 Å². The van der Waals surface area contributed by atoms with Crippen molar-refractivity contribution in [2.45, 2.75) is 30.6 Å². The van der Waals surface area contributed by atoms with Crippen molar-refractivity contribution in [3.8, 4) is 0 Å². The molecule has 4 nitrogen and oxygen atoms in total. The SMILES string of the molecule is CN1C[C@@H](O)[C@H](O)[C@@H](CO)C12CC2. The average molecular weight is 187 g/mol. The van der Waals surface area contributed by atoms with Gasteiger partial charge in [0, 0.05) is 18.0 Å². The monoisotopic (exact) mass is 187 g/mol. The lowest BCUT2D eigenvalue weighted by Gasteiger charge is -2.44. The van der Waals surface area contributed by atoms with Crippen LogP contribution in [0.25, 0.3) is 0 Å². The third kappa shape index (κ3) is 1.21. The van der Waals surface area contributed by atoms with Gasteiger partial charge in [-0.1, -0.05) is 0 Å². The molecule has 0 radical (unpaired) electrons. The first kappa shape index (κ1) is 9.40. The zero-order valence-corrected chi connectivity index (χ0v) is 7.85. The Labute approximate surface area is 77.8 Å². The number of likely N-dealkylation sites (tertiary alicyclic amines) is 1. The van der Waals surface area contributed by atoms with Gasteiger partial charge < -0.3 is 15.3 Å². The second-order valence-electron chi connectivity index (χ2n) is 4.33. The van der Waals surface area contributed by atoms with Crippen molar-refractivity contribution < 1.29 is 15.3 Å². The molecule has 4 heteroatoms. The molecule has 2 aliphatic rings. The van der Waals surface area contributed by atoms with Crippen molar-refractivity contribution in [1.82, 2.24) is 4.90 Å². The molecule has 0 aromatic carbocycles. The lowest BCUT2D eigenvalue weighted by Crippen LogP contribution is -2.59. The Morgan fingerprint density at radius 1 is 1.38 bits per heavy atom. The van der Waals surface area contributed by atoms with Crippen LogP contribution in [0.1, 0.15) is 12.8 Å². The minimum Gasteiger partial charge on any atom is -0.396 e. The summed E-state index contributed by atoms with van der Waals surface area (Å²) in [6, 6.07) is 0. The quantitative estimate of drug-likeness (QED) is 0.482. The molecule has 2 fully saturated rings. The van der Waals surface area contributed by atoms with Crippen LogP contribution in [-0.4, -0.2) is 58.2 Å². The Hall–Kier alpha value is -0.160. The molecule has 1 saturated carbocycles. The largest absolute Gasteiger partial charge is 0.396 e. The maximum absolute atomic E-state index is 9.69. The van der Waals surface area contributed by atoms with Gasteiger partial charge in [0.05, 0.1) is 18.8 Å². The predicted molar refractivity (Wildman–Crippen MR) is 47.2 cm³/mol. The fourth-order valence-corrected chi connectivity index (χ4v) is 2.60. The molecule has 1 spiro atoms. The highest BCUT2D eigenvalue weighted by Crippen LogP contribution is 2.50. The molecule has 0 aromatic heterocycles. The normalized spacial score (nSPS) is 43.8. The van der Waals surface area contributed by atoms with Gasteiger partial charge in [0.15, 0.2) is 0 Å². The molecule has 1 heterocycles. The van der Waals surface area contributed by atoms with Crippen LogP contribution in [0.4, 0.5) is 0 Å². The number of likely N-dealkylation sites (N-methyl/N-ethyl adjacent to an activating group) is 1. The van der Waals surface area contributed by atoms with E-state index in [-0.39, 0.29) is 18.1 Å². The van der Waals surface area contributed by atoms with Crippen LogP contribution in [0.5, 0.6) is 0 Å². The molecule has 0 unspecified atom stereocenters. The Bertz CT molecular complexity index is 205. The summed E-state index contributed by atoms with van der Waals surface area (Å²) in [5, 5.41) is 28.4. The summed E-state index contributed by atoms with van der Waals surface area (Å²) < 4.78 is 0. The summed E-state index contributed by atoms with van der Waals surface area (Å²) in [5.74, 6) is -0.179. The number of aliphatic hydroxyl groups excluding tert-OH is 3. The van der Waals surface area contributed by atoms with E-state index in [0.29, 0.717) is 6.54 Å². The molecule has 0 bridgehead atoms. The second-order valence-corrected chi connectivity index (χ2v) is 4.33. The Kier molecular flexibility index (Phi) is 2.11. The third-order valence-electron chi connectivity index (χ3n) is 3.68. The fourth-order valence-electron chi connectivity index (χ4n) is 2.60. The summed E-state index contributed by atoms with van der Waals surface area (Å²) in [6.45, 7) is 0.472. The third-order valence-corrected chi connectivity index (χ3v) is 3.68. The van der Waals surface area contributed by atoms with Crippen molar-refractivity contribution >= 4 is 0 Å². The first-order valence-electron chi connectivity index (χ1n) is 4.80. The van der Waals surface area contributed by atoms with Gasteiger partial charge in [0.25, 0.3) is 0 Å². The second kappa shape index (κ2) is 2.92. The van der Waals surface area contributed by atoms with E-state index in [1.165, 1.54) is 0 Å². The van der Waals surface area contributed by atoms with Crippen molar-refractivity contribution in [2.24, 2.45) is 5.92 Å². The molecular weight excluding hydrogens is 170 g/mol. The highest BCUT2D eigenvalue weighted by Gasteiger charge is 2.58. The Morgan fingerprint density at radius 2 is 2.00 bits per heavy atom. The molecule has 1 aliphatic heterocycles. The number of β-amino-alcohol motifs (C(OH)–C–C–N with tert-alkyl or cyclic N) is 1. The lowest BCUT2D eigenvalue weighted by molar-refractivity contribution is -0.115. The van der Waals surface area contributed by atoms with E-state index in [4.69, 9.17) is 0 Å². The number of piperidine rings is 1. The van der Waals surface area contributed by atoms with Crippen LogP contribution in [0.2, 0.25) is 0 Å². The molecule has 1 aliphatic carbocycles. The number of hydrogen-bond donors (Lipinski definition) is 3. The molecule has 0 aromatic rings. The first-order chi connectivity index (χ1) is 6.12. The van der Waals surface area contributed by atoms with E-state index >= 15 is 0 Å². The summed E-state index contributed by atoms with van der Waals surface area (Å²) in [7, 11) is 1.95. The topological polar surface area (TPSA) is 63.9 Å². The van der Waals surface area contributed by atoms with E-state index in [9.17, 15) is 15.3 Å². The van der Waals surface area contributed by atoms with Gasteiger partial charge in [0.2, 0.25) is 0 Å². The number of nitrogens with zero attached hydrogens (tertiary/aromatic N) is 1. The average Bonchev–Trinajstić information content (AvgIpc) is 2.84. The summed E-state index contributed by atoms with van der Waals surface area (Å²) in [4.78, 5) is 2.07. The lowest BCUT2D eigenvalue weighted by atomic mass is 9.83. The summed E-state index contributed by atoms with van der Waals surface area (Å²) in [6.07, 6.45) is 0.578. The number of rotatable bonds is 1. The highest BCUT2D eigenvalue weighted by atomic mass is 16.3. The van der Waals surface area contributed by atoms with Crippen LogP contribution in [0, 0.1) is 5.92 Å². The van der Waals surface area contributed by atoms with E-state index in [1.807, 2.05) is 7.05 Å². The van der Waals surface area contributed by atoms with Gasteiger partial charge in [-0.2, -0.15) is 0 Å². The van der Waals surface area contributed by atoms with Gasteiger partial charge >= 0.3 is 0 Å². The smallest absolute Gasteiger partial charge is 0.0930 e. The van der Waals surface area contributed by atoms with E-state index in [2.05, 4.69) is 4.90 Å². The minimum atomic E-state index is -0.760. The van der Waals surface area contributed by atoms with E-state index < -0.39 is 12.2 Å². The standard InChI is InChI=1S/C9H17NO3/c1-10-4-7(12)8(13)6(5-11)9(10)2-3-9/h6-8,11-13H,2-5H2,1H3/t6-,7-,8-/m1/s1. The number of hydrogen-bond acceptors (Lipinski definition) is 4. The van der Waals surface area contributed by atoms with Gasteiger partial charge in [0.1, 0.15) is 0 Å². The van der Waals surface area contributed by atoms with Gasteiger partial charge in [-0.3, -0.25) is 4.90 Å². The van der Waals surface area contributed by atoms with Crippen LogP contribution in [0.3, 0.4) is 0 Å². The van der Waals surface area contributed by atoms with Crippen molar-refractivity contribution in [1.29, 1.82) is 0 Å². The van der Waals surface area contributed by atoms with Crippen LogP contribution in [-0.2, 0) is 0 Å². The van der Waals surface area contributed by atoms with Crippen molar-refractivity contribution in [3.63, 3.8) is 0 Å².